The highest BCUT2D eigenvalue weighted by atomic mass is 32.2. The van der Waals surface area contributed by atoms with E-state index in [-0.39, 0.29) is 21.9 Å². The van der Waals surface area contributed by atoms with Gasteiger partial charge < -0.3 is 9.66 Å². The van der Waals surface area contributed by atoms with Crippen LogP contribution < -0.4 is 0 Å². The molecule has 0 spiro atoms. The highest BCUT2D eigenvalue weighted by Crippen LogP contribution is 2.41. The van der Waals surface area contributed by atoms with Gasteiger partial charge in [-0.2, -0.15) is 13.2 Å². The summed E-state index contributed by atoms with van der Waals surface area (Å²) in [6.45, 7) is 3.12. The van der Waals surface area contributed by atoms with Crippen molar-refractivity contribution in [1.29, 1.82) is 0 Å². The van der Waals surface area contributed by atoms with E-state index in [2.05, 4.69) is 10.1 Å². The number of halogens is 4. The van der Waals surface area contributed by atoms with E-state index >= 15 is 0 Å². The van der Waals surface area contributed by atoms with Crippen molar-refractivity contribution in [2.24, 2.45) is 0 Å². The summed E-state index contributed by atoms with van der Waals surface area (Å²) >= 11 is -1.68. The van der Waals surface area contributed by atoms with Gasteiger partial charge in [0.2, 0.25) is 0 Å². The molecular formula is C25H21F4N3O3S. The molecule has 0 radical (unpaired) electrons. The van der Waals surface area contributed by atoms with Gasteiger partial charge in [-0.15, -0.1) is 5.10 Å². The molecule has 4 aromatic rings. The lowest BCUT2D eigenvalue weighted by Gasteiger charge is -2.32. The molecule has 0 aliphatic heterocycles. The molecule has 36 heavy (non-hydrogen) atoms. The van der Waals surface area contributed by atoms with Gasteiger partial charge in [-0.05, 0) is 48.4 Å². The van der Waals surface area contributed by atoms with Crippen LogP contribution in [0.1, 0.15) is 36.6 Å². The molecule has 4 rings (SSSR count). The lowest BCUT2D eigenvalue weighted by molar-refractivity contribution is -0.144. The second kappa shape index (κ2) is 9.21. The average Bonchev–Trinajstić information content (AvgIpc) is 3.22. The largest absolute Gasteiger partial charge is 0.610 e. The fourth-order valence-electron chi connectivity index (χ4n) is 4.22. The first-order valence-electron chi connectivity index (χ1n) is 10.7. The van der Waals surface area contributed by atoms with Crippen LogP contribution in [0.5, 0.6) is 0 Å². The van der Waals surface area contributed by atoms with Gasteiger partial charge in [0, 0.05) is 23.3 Å². The smallest absolute Gasteiger partial charge is 0.416 e. The van der Waals surface area contributed by atoms with E-state index in [1.54, 1.807) is 13.0 Å². The third kappa shape index (κ3) is 4.33. The monoisotopic (exact) mass is 519 g/mol. The molecule has 188 valence electrons. The van der Waals surface area contributed by atoms with Crippen molar-refractivity contribution in [3.05, 3.63) is 83.4 Å². The van der Waals surface area contributed by atoms with E-state index in [0.29, 0.717) is 11.1 Å². The lowest BCUT2D eigenvalue weighted by atomic mass is 9.72. The first-order valence-corrected chi connectivity index (χ1v) is 12.3. The third-order valence-electron chi connectivity index (χ3n) is 6.45. The first-order chi connectivity index (χ1) is 16.9. The van der Waals surface area contributed by atoms with Crippen LogP contribution in [-0.2, 0) is 27.6 Å². The topological polar surface area (TPSA) is 90.5 Å². The van der Waals surface area contributed by atoms with E-state index in [9.17, 15) is 32.0 Å². The molecule has 2 aromatic heterocycles. The number of carboxylic acid groups (broad SMARTS) is 1. The van der Waals surface area contributed by atoms with Crippen LogP contribution in [0.2, 0.25) is 0 Å². The number of hydrogen-bond acceptors (Lipinski definition) is 4. The van der Waals surface area contributed by atoms with Gasteiger partial charge in [0.25, 0.3) is 5.03 Å². The predicted molar refractivity (Wildman–Crippen MR) is 126 cm³/mol. The van der Waals surface area contributed by atoms with Gasteiger partial charge >= 0.3 is 12.1 Å². The molecule has 2 heterocycles. The molecule has 2 aromatic carbocycles. The summed E-state index contributed by atoms with van der Waals surface area (Å²) in [7, 11) is 0. The Hall–Kier alpha value is -3.44. The molecule has 2 unspecified atom stereocenters. The second-order valence-electron chi connectivity index (χ2n) is 8.56. The zero-order valence-corrected chi connectivity index (χ0v) is 20.2. The van der Waals surface area contributed by atoms with Crippen LogP contribution in [0, 0.1) is 5.82 Å². The number of nitrogens with zero attached hydrogens (tertiary/aromatic N) is 3. The highest BCUT2D eigenvalue weighted by molar-refractivity contribution is 7.90. The number of carboxylic acids is 1. The van der Waals surface area contributed by atoms with Crippen LogP contribution in [0.15, 0.2) is 65.8 Å². The van der Waals surface area contributed by atoms with E-state index in [1.165, 1.54) is 60.3 Å². The summed E-state index contributed by atoms with van der Waals surface area (Å²) in [5, 5.41) is 14.8. The van der Waals surface area contributed by atoms with Gasteiger partial charge in [-0.25, -0.2) is 13.9 Å². The van der Waals surface area contributed by atoms with Gasteiger partial charge in [0.05, 0.1) is 11.3 Å². The Morgan fingerprint density at radius 1 is 1.14 bits per heavy atom. The number of carbonyl (C=O) groups is 1. The van der Waals surface area contributed by atoms with Crippen LogP contribution in [0.4, 0.5) is 17.6 Å². The minimum Gasteiger partial charge on any atom is -0.610 e. The highest BCUT2D eigenvalue weighted by Gasteiger charge is 2.44. The SMILES string of the molecule is CC(c1cccc(F)c1)[C@@](C)(C(=O)O)c1ccnc2c(-c3ccc(C(F)(F)F)cc3)c([S+](C)[O-])nn12. The quantitative estimate of drug-likeness (QED) is 0.271. The van der Waals surface area contributed by atoms with Crippen molar-refractivity contribution < 1.29 is 32.0 Å². The Balaban J connectivity index is 1.96. The molecule has 6 nitrogen and oxygen atoms in total. The van der Waals surface area contributed by atoms with Crippen LogP contribution in [-0.4, -0.2) is 36.5 Å². The van der Waals surface area contributed by atoms with Crippen LogP contribution >= 0.6 is 0 Å². The third-order valence-corrected chi connectivity index (χ3v) is 7.28. The molecule has 3 atom stereocenters. The normalized spacial score (nSPS) is 15.4. The molecule has 0 bridgehead atoms. The molecule has 0 fully saturated rings. The van der Waals surface area contributed by atoms with E-state index < -0.39 is 46.0 Å². The summed E-state index contributed by atoms with van der Waals surface area (Å²) in [6.07, 6.45) is -1.81. The molecule has 11 heteroatoms. The van der Waals surface area contributed by atoms with Gasteiger partial charge in [0.1, 0.15) is 23.1 Å². The second-order valence-corrected chi connectivity index (χ2v) is 9.85. The molecule has 1 N–H and O–H groups in total. The number of aromatic nitrogens is 3. The Morgan fingerprint density at radius 3 is 2.36 bits per heavy atom. The Kier molecular flexibility index (Phi) is 6.56. The fraction of sp³-hybridized carbons (Fsp3) is 0.240. The van der Waals surface area contributed by atoms with Gasteiger partial charge in [-0.1, -0.05) is 31.2 Å². The molecule has 0 saturated heterocycles. The maximum Gasteiger partial charge on any atom is 0.416 e. The van der Waals surface area contributed by atoms with Crippen LogP contribution in [0.25, 0.3) is 16.8 Å². The molecular weight excluding hydrogens is 498 g/mol. The maximum atomic E-state index is 13.9. The number of aliphatic carboxylic acids is 1. The van der Waals surface area contributed by atoms with Crippen molar-refractivity contribution in [1.82, 2.24) is 14.6 Å². The maximum absolute atomic E-state index is 13.9. The Morgan fingerprint density at radius 2 is 1.81 bits per heavy atom. The average molecular weight is 520 g/mol. The lowest BCUT2D eigenvalue weighted by Crippen LogP contribution is -2.39. The van der Waals surface area contributed by atoms with Crippen molar-refractivity contribution in [2.75, 3.05) is 6.26 Å². The molecule has 0 amide bonds. The predicted octanol–water partition coefficient (Wildman–Crippen LogP) is 5.44. The van der Waals surface area contributed by atoms with E-state index in [1.807, 2.05) is 0 Å². The zero-order chi connectivity index (χ0) is 26.4. The van der Waals surface area contributed by atoms with E-state index in [4.69, 9.17) is 0 Å². The number of rotatable bonds is 6. The van der Waals surface area contributed by atoms with Gasteiger partial charge in [0.15, 0.2) is 5.65 Å². The van der Waals surface area contributed by atoms with Crippen molar-refractivity contribution in [2.45, 2.75) is 36.4 Å². The number of benzene rings is 2. The zero-order valence-electron chi connectivity index (χ0n) is 19.4. The number of alkyl halides is 3. The van der Waals surface area contributed by atoms with Crippen molar-refractivity contribution in [3.63, 3.8) is 0 Å². The number of hydrogen-bond donors (Lipinski definition) is 1. The summed E-state index contributed by atoms with van der Waals surface area (Å²) in [6, 6.07) is 11.3. The molecule has 0 saturated carbocycles. The van der Waals surface area contributed by atoms with Crippen molar-refractivity contribution in [3.8, 4) is 11.1 Å². The Labute approximate surface area is 206 Å². The van der Waals surface area contributed by atoms with E-state index in [0.717, 1.165) is 12.1 Å². The summed E-state index contributed by atoms with van der Waals surface area (Å²) in [5.41, 5.74) is -1.19. The number of fused-ring (bicyclic) bond motifs is 1. The molecule has 0 aliphatic carbocycles. The molecule has 0 aliphatic rings. The standard InChI is InChI=1S/C25H21F4N3O3S/c1-14(16-5-4-6-18(26)13-16)24(2,23(33)34)19-11-12-30-21-20(22(36(3)35)31-32(19)21)15-7-9-17(10-8-15)25(27,28)29/h4-14H,1-3H3,(H,33,34)/t14?,24-,36?/m1/s1. The Bertz CT molecular complexity index is 1440. The summed E-state index contributed by atoms with van der Waals surface area (Å²) < 4.78 is 67.0. The fourth-order valence-corrected chi connectivity index (χ4v) is 4.92. The minimum atomic E-state index is -4.53. The van der Waals surface area contributed by atoms with Gasteiger partial charge in [-0.3, -0.25) is 4.79 Å². The summed E-state index contributed by atoms with van der Waals surface area (Å²) in [4.78, 5) is 17.0. The minimum absolute atomic E-state index is 0.0425. The van der Waals surface area contributed by atoms with Crippen LogP contribution in [0.3, 0.4) is 0 Å². The first kappa shape index (κ1) is 25.6. The summed E-state index contributed by atoms with van der Waals surface area (Å²) in [5.74, 6) is -2.46. The van der Waals surface area contributed by atoms with Crippen molar-refractivity contribution >= 4 is 22.8 Å².